The van der Waals surface area contributed by atoms with Crippen LogP contribution in [0.3, 0.4) is 0 Å². The molecule has 1 amide bonds. The molecule has 1 aromatic carbocycles. The van der Waals surface area contributed by atoms with E-state index in [9.17, 15) is 4.79 Å². The molecule has 0 saturated carbocycles. The standard InChI is InChI=1S/C18H22N2O3/c1-13(2)12-23-18(19-11-16-5-4-10-22-16)20-17(21)15-8-6-14(3)7-9-15/h4-10,13H,11-12H2,1-3H3,(H,19,20,21). The van der Waals surface area contributed by atoms with Crippen LogP contribution in [0.1, 0.15) is 35.5 Å². The number of amidine groups is 1. The summed E-state index contributed by atoms with van der Waals surface area (Å²) in [5, 5.41) is 2.72. The lowest BCUT2D eigenvalue weighted by Crippen LogP contribution is -2.33. The average Bonchev–Trinajstić information content (AvgIpc) is 3.03. The van der Waals surface area contributed by atoms with E-state index < -0.39 is 0 Å². The van der Waals surface area contributed by atoms with E-state index in [2.05, 4.69) is 10.3 Å². The Kier molecular flexibility index (Phi) is 5.97. The van der Waals surface area contributed by atoms with E-state index >= 15 is 0 Å². The Labute approximate surface area is 136 Å². The molecule has 0 radical (unpaired) electrons. The fraction of sp³-hybridized carbons (Fsp3) is 0.333. The largest absolute Gasteiger partial charge is 0.467 e. The number of carbonyl (C=O) groups excluding carboxylic acids is 1. The highest BCUT2D eigenvalue weighted by atomic mass is 16.5. The Morgan fingerprint density at radius 2 is 2.00 bits per heavy atom. The first kappa shape index (κ1) is 16.8. The van der Waals surface area contributed by atoms with Crippen LogP contribution in [0.4, 0.5) is 0 Å². The predicted molar refractivity (Wildman–Crippen MR) is 89.3 cm³/mol. The molecule has 2 aromatic rings. The van der Waals surface area contributed by atoms with Gasteiger partial charge < -0.3 is 9.15 Å². The molecule has 0 aliphatic rings. The van der Waals surface area contributed by atoms with Crippen LogP contribution in [-0.4, -0.2) is 18.5 Å². The van der Waals surface area contributed by atoms with Gasteiger partial charge in [0.1, 0.15) is 12.3 Å². The van der Waals surface area contributed by atoms with Crippen molar-refractivity contribution < 1.29 is 13.9 Å². The number of hydrogen-bond acceptors (Lipinski definition) is 4. The first-order valence-electron chi connectivity index (χ1n) is 7.62. The normalized spacial score (nSPS) is 11.6. The minimum absolute atomic E-state index is 0.209. The molecule has 0 fully saturated rings. The lowest BCUT2D eigenvalue weighted by molar-refractivity contribution is 0.0963. The second-order valence-corrected chi connectivity index (χ2v) is 5.73. The third-order valence-electron chi connectivity index (χ3n) is 3.05. The molecule has 1 N–H and O–H groups in total. The fourth-order valence-corrected chi connectivity index (χ4v) is 1.79. The second kappa shape index (κ2) is 8.17. The van der Waals surface area contributed by atoms with E-state index in [1.165, 1.54) is 0 Å². The van der Waals surface area contributed by atoms with Gasteiger partial charge in [-0.3, -0.25) is 10.1 Å². The number of carbonyl (C=O) groups is 1. The van der Waals surface area contributed by atoms with Gasteiger partial charge in [0.25, 0.3) is 11.9 Å². The van der Waals surface area contributed by atoms with Crippen LogP contribution in [-0.2, 0) is 11.3 Å². The number of hydrogen-bond donors (Lipinski definition) is 1. The number of aryl methyl sites for hydroxylation is 1. The molecular formula is C18H22N2O3. The Morgan fingerprint density at radius 1 is 1.26 bits per heavy atom. The zero-order valence-electron chi connectivity index (χ0n) is 13.7. The quantitative estimate of drug-likeness (QED) is 0.678. The van der Waals surface area contributed by atoms with Crippen molar-refractivity contribution in [2.75, 3.05) is 6.61 Å². The Bertz CT molecular complexity index is 643. The molecule has 0 aliphatic heterocycles. The van der Waals surface area contributed by atoms with E-state index in [0.29, 0.717) is 30.4 Å². The van der Waals surface area contributed by atoms with E-state index in [0.717, 1.165) is 5.56 Å². The molecule has 0 bridgehead atoms. The van der Waals surface area contributed by atoms with Crippen LogP contribution in [0, 0.1) is 12.8 Å². The SMILES string of the molecule is Cc1ccc(C(=O)NC(=NCc2ccco2)OCC(C)C)cc1. The first-order chi connectivity index (χ1) is 11.0. The van der Waals surface area contributed by atoms with E-state index in [1.54, 1.807) is 24.5 Å². The van der Waals surface area contributed by atoms with E-state index in [1.807, 2.05) is 39.0 Å². The molecule has 2 rings (SSSR count). The van der Waals surface area contributed by atoms with Crippen LogP contribution in [0.25, 0.3) is 0 Å². The van der Waals surface area contributed by atoms with Crippen LogP contribution in [0.15, 0.2) is 52.1 Å². The highest BCUT2D eigenvalue weighted by Gasteiger charge is 2.11. The zero-order chi connectivity index (χ0) is 16.7. The van der Waals surface area contributed by atoms with Crippen LogP contribution < -0.4 is 5.32 Å². The number of nitrogens with zero attached hydrogens (tertiary/aromatic N) is 1. The van der Waals surface area contributed by atoms with Gasteiger partial charge in [-0.25, -0.2) is 4.99 Å². The number of aliphatic imine (C=N–C) groups is 1. The number of ether oxygens (including phenoxy) is 1. The molecule has 23 heavy (non-hydrogen) atoms. The van der Waals surface area contributed by atoms with Gasteiger partial charge in [-0.05, 0) is 37.1 Å². The van der Waals surface area contributed by atoms with Crippen molar-refractivity contribution >= 4 is 11.9 Å². The van der Waals surface area contributed by atoms with Gasteiger partial charge in [0.05, 0.1) is 12.9 Å². The fourth-order valence-electron chi connectivity index (χ4n) is 1.79. The van der Waals surface area contributed by atoms with Crippen molar-refractivity contribution in [3.63, 3.8) is 0 Å². The summed E-state index contributed by atoms with van der Waals surface area (Å²) >= 11 is 0. The lowest BCUT2D eigenvalue weighted by Gasteiger charge is -2.12. The molecule has 5 heteroatoms. The Balaban J connectivity index is 2.04. The minimum atomic E-state index is -0.244. The summed E-state index contributed by atoms with van der Waals surface area (Å²) in [4.78, 5) is 16.6. The highest BCUT2D eigenvalue weighted by Crippen LogP contribution is 2.05. The summed E-state index contributed by atoms with van der Waals surface area (Å²) in [6.07, 6.45) is 1.59. The molecule has 0 aliphatic carbocycles. The van der Waals surface area contributed by atoms with Crippen molar-refractivity contribution in [3.05, 3.63) is 59.5 Å². The third kappa shape index (κ3) is 5.62. The Hall–Kier alpha value is -2.56. The van der Waals surface area contributed by atoms with Crippen molar-refractivity contribution in [1.29, 1.82) is 0 Å². The van der Waals surface area contributed by atoms with E-state index in [4.69, 9.17) is 9.15 Å². The molecule has 0 atom stereocenters. The monoisotopic (exact) mass is 314 g/mol. The van der Waals surface area contributed by atoms with Crippen molar-refractivity contribution in [2.24, 2.45) is 10.9 Å². The number of nitrogens with one attached hydrogen (secondary N) is 1. The first-order valence-corrected chi connectivity index (χ1v) is 7.62. The van der Waals surface area contributed by atoms with Crippen molar-refractivity contribution in [3.8, 4) is 0 Å². The summed E-state index contributed by atoms with van der Waals surface area (Å²) in [5.41, 5.74) is 1.67. The number of amides is 1. The summed E-state index contributed by atoms with van der Waals surface area (Å²) < 4.78 is 10.8. The molecule has 1 heterocycles. The van der Waals surface area contributed by atoms with Gasteiger partial charge in [-0.2, -0.15) is 0 Å². The topological polar surface area (TPSA) is 63.8 Å². The van der Waals surface area contributed by atoms with Gasteiger partial charge in [0, 0.05) is 5.56 Å². The summed E-state index contributed by atoms with van der Waals surface area (Å²) in [5.74, 6) is 0.798. The maximum atomic E-state index is 12.3. The molecule has 1 aromatic heterocycles. The minimum Gasteiger partial charge on any atom is -0.467 e. The third-order valence-corrected chi connectivity index (χ3v) is 3.05. The second-order valence-electron chi connectivity index (χ2n) is 5.73. The van der Waals surface area contributed by atoms with Gasteiger partial charge in [-0.1, -0.05) is 31.5 Å². The molecule has 0 spiro atoms. The smallest absolute Gasteiger partial charge is 0.292 e. The highest BCUT2D eigenvalue weighted by molar-refractivity contribution is 6.04. The number of benzene rings is 1. The summed E-state index contributed by atoms with van der Waals surface area (Å²) in [6.45, 7) is 6.83. The molecule has 0 saturated heterocycles. The number of rotatable bonds is 5. The molecule has 5 nitrogen and oxygen atoms in total. The summed E-state index contributed by atoms with van der Waals surface area (Å²) in [7, 11) is 0. The van der Waals surface area contributed by atoms with Gasteiger partial charge in [-0.15, -0.1) is 0 Å². The Morgan fingerprint density at radius 3 is 2.61 bits per heavy atom. The van der Waals surface area contributed by atoms with Crippen molar-refractivity contribution in [1.82, 2.24) is 5.32 Å². The van der Waals surface area contributed by atoms with Crippen LogP contribution in [0.2, 0.25) is 0 Å². The van der Waals surface area contributed by atoms with Crippen molar-refractivity contribution in [2.45, 2.75) is 27.3 Å². The zero-order valence-corrected chi connectivity index (χ0v) is 13.7. The molecular weight excluding hydrogens is 292 g/mol. The summed E-state index contributed by atoms with van der Waals surface area (Å²) in [6, 6.07) is 11.2. The van der Waals surface area contributed by atoms with Gasteiger partial charge in [0.15, 0.2) is 0 Å². The lowest BCUT2D eigenvalue weighted by atomic mass is 10.1. The number of furan rings is 1. The predicted octanol–water partition coefficient (Wildman–Crippen LogP) is 3.55. The maximum absolute atomic E-state index is 12.3. The van der Waals surface area contributed by atoms with Crippen LogP contribution >= 0.6 is 0 Å². The van der Waals surface area contributed by atoms with E-state index in [-0.39, 0.29) is 11.9 Å². The van der Waals surface area contributed by atoms with Crippen LogP contribution in [0.5, 0.6) is 0 Å². The average molecular weight is 314 g/mol. The molecule has 0 unspecified atom stereocenters. The van der Waals surface area contributed by atoms with Gasteiger partial charge >= 0.3 is 0 Å². The molecule has 122 valence electrons. The maximum Gasteiger partial charge on any atom is 0.292 e. The van der Waals surface area contributed by atoms with Gasteiger partial charge in [0.2, 0.25) is 0 Å².